The first-order chi connectivity index (χ1) is 8.19. The van der Waals surface area contributed by atoms with Gasteiger partial charge in [-0.3, -0.25) is 0 Å². The van der Waals surface area contributed by atoms with Gasteiger partial charge in [0.05, 0.1) is 6.61 Å². The van der Waals surface area contributed by atoms with E-state index in [0.717, 1.165) is 5.56 Å². The normalized spacial score (nSPS) is 10.3. The van der Waals surface area contributed by atoms with E-state index in [2.05, 4.69) is 4.98 Å². The average Bonchev–Trinajstić information content (AvgIpc) is 2.32. The van der Waals surface area contributed by atoms with Crippen LogP contribution in [0.1, 0.15) is 11.1 Å². The van der Waals surface area contributed by atoms with Gasteiger partial charge in [0, 0.05) is 17.8 Å². The molecular formula is C13H12FNO2. The van der Waals surface area contributed by atoms with E-state index < -0.39 is 0 Å². The lowest BCUT2D eigenvalue weighted by molar-refractivity contribution is 0.281. The van der Waals surface area contributed by atoms with Gasteiger partial charge in [-0.25, -0.2) is 9.37 Å². The summed E-state index contributed by atoms with van der Waals surface area (Å²) in [6.07, 6.45) is 1.53. The molecule has 0 bridgehead atoms. The summed E-state index contributed by atoms with van der Waals surface area (Å²) in [5.41, 5.74) is 1.51. The lowest BCUT2D eigenvalue weighted by atomic mass is 10.2. The molecule has 88 valence electrons. The van der Waals surface area contributed by atoms with E-state index in [1.54, 1.807) is 18.2 Å². The van der Waals surface area contributed by atoms with Gasteiger partial charge in [0.25, 0.3) is 0 Å². The van der Waals surface area contributed by atoms with Gasteiger partial charge in [-0.05, 0) is 30.7 Å². The minimum atomic E-state index is -0.355. The molecule has 17 heavy (non-hydrogen) atoms. The van der Waals surface area contributed by atoms with Crippen molar-refractivity contribution in [1.82, 2.24) is 4.98 Å². The second-order valence-electron chi connectivity index (χ2n) is 3.68. The van der Waals surface area contributed by atoms with Gasteiger partial charge in [-0.2, -0.15) is 0 Å². The van der Waals surface area contributed by atoms with E-state index in [1.807, 2.05) is 6.92 Å². The maximum atomic E-state index is 13.0. The van der Waals surface area contributed by atoms with E-state index in [1.165, 1.54) is 18.3 Å². The molecule has 1 N–H and O–H groups in total. The van der Waals surface area contributed by atoms with Gasteiger partial charge in [0.1, 0.15) is 11.6 Å². The van der Waals surface area contributed by atoms with Crippen LogP contribution < -0.4 is 4.74 Å². The lowest BCUT2D eigenvalue weighted by Crippen LogP contribution is -1.94. The van der Waals surface area contributed by atoms with Crippen molar-refractivity contribution in [2.75, 3.05) is 0 Å². The third-order valence-corrected chi connectivity index (χ3v) is 2.28. The second-order valence-corrected chi connectivity index (χ2v) is 3.68. The Balaban J connectivity index is 2.24. The number of aromatic nitrogens is 1. The first-order valence-corrected chi connectivity index (χ1v) is 5.19. The van der Waals surface area contributed by atoms with Gasteiger partial charge < -0.3 is 9.84 Å². The van der Waals surface area contributed by atoms with Crippen LogP contribution in [0.5, 0.6) is 11.6 Å². The number of benzene rings is 1. The fraction of sp³-hybridized carbons (Fsp3) is 0.154. The van der Waals surface area contributed by atoms with Gasteiger partial charge in [0.2, 0.25) is 5.88 Å². The first-order valence-electron chi connectivity index (χ1n) is 5.19. The molecular weight excluding hydrogens is 221 g/mol. The van der Waals surface area contributed by atoms with Gasteiger partial charge in [-0.15, -0.1) is 0 Å². The van der Waals surface area contributed by atoms with Crippen LogP contribution >= 0.6 is 0 Å². The number of aliphatic hydroxyl groups excluding tert-OH is 1. The number of aliphatic hydroxyl groups is 1. The fourth-order valence-electron chi connectivity index (χ4n) is 1.46. The van der Waals surface area contributed by atoms with E-state index in [0.29, 0.717) is 17.2 Å². The zero-order valence-corrected chi connectivity index (χ0v) is 9.35. The predicted octanol–water partition coefficient (Wildman–Crippen LogP) is 2.81. The van der Waals surface area contributed by atoms with Crippen molar-refractivity contribution in [3.8, 4) is 11.6 Å². The molecule has 4 heteroatoms. The number of hydrogen-bond acceptors (Lipinski definition) is 3. The molecule has 0 aliphatic heterocycles. The molecule has 0 radical (unpaired) electrons. The van der Waals surface area contributed by atoms with Gasteiger partial charge in [-0.1, -0.05) is 6.07 Å². The largest absolute Gasteiger partial charge is 0.439 e. The molecule has 0 unspecified atom stereocenters. The molecule has 0 saturated carbocycles. The molecule has 2 rings (SSSR count). The van der Waals surface area contributed by atoms with E-state index in [-0.39, 0.29) is 12.4 Å². The Kier molecular flexibility index (Phi) is 3.35. The highest BCUT2D eigenvalue weighted by Crippen LogP contribution is 2.23. The topological polar surface area (TPSA) is 42.4 Å². The first kappa shape index (κ1) is 11.5. The maximum Gasteiger partial charge on any atom is 0.222 e. The van der Waals surface area contributed by atoms with Crippen LogP contribution in [0.4, 0.5) is 4.39 Å². The molecule has 0 amide bonds. The summed E-state index contributed by atoms with van der Waals surface area (Å²) >= 11 is 0. The smallest absolute Gasteiger partial charge is 0.222 e. The Labute approximate surface area is 98.5 Å². The summed E-state index contributed by atoms with van der Waals surface area (Å²) in [5.74, 6) is 0.456. The van der Waals surface area contributed by atoms with Crippen molar-refractivity contribution in [3.05, 3.63) is 53.5 Å². The van der Waals surface area contributed by atoms with Gasteiger partial charge in [0.15, 0.2) is 0 Å². The Hall–Kier alpha value is -1.94. The Morgan fingerprint density at radius 2 is 2.18 bits per heavy atom. The number of ether oxygens (including phenoxy) is 1. The second kappa shape index (κ2) is 4.93. The molecule has 1 heterocycles. The Morgan fingerprint density at radius 1 is 1.35 bits per heavy atom. The lowest BCUT2D eigenvalue weighted by Gasteiger charge is -2.08. The number of halogens is 1. The summed E-state index contributed by atoms with van der Waals surface area (Å²) in [6, 6.07) is 7.65. The molecule has 0 spiro atoms. The number of rotatable bonds is 3. The summed E-state index contributed by atoms with van der Waals surface area (Å²) in [7, 11) is 0. The number of hydrogen-bond donors (Lipinski definition) is 1. The molecule has 0 aliphatic carbocycles. The third-order valence-electron chi connectivity index (χ3n) is 2.28. The Morgan fingerprint density at radius 3 is 2.82 bits per heavy atom. The minimum absolute atomic E-state index is 0.0614. The van der Waals surface area contributed by atoms with Crippen LogP contribution in [0.3, 0.4) is 0 Å². The van der Waals surface area contributed by atoms with Crippen LogP contribution in [-0.4, -0.2) is 10.1 Å². The monoisotopic (exact) mass is 233 g/mol. The highest BCUT2D eigenvalue weighted by molar-refractivity contribution is 5.33. The highest BCUT2D eigenvalue weighted by Gasteiger charge is 2.04. The standard InChI is InChI=1S/C13H12FNO2/c1-9-5-10(8-16)7-15-13(9)17-12-4-2-3-11(14)6-12/h2-7,16H,8H2,1H3. The summed E-state index contributed by atoms with van der Waals surface area (Å²) < 4.78 is 18.4. The van der Waals surface area contributed by atoms with Crippen LogP contribution in [0.2, 0.25) is 0 Å². The highest BCUT2D eigenvalue weighted by atomic mass is 19.1. The molecule has 3 nitrogen and oxygen atoms in total. The van der Waals surface area contributed by atoms with Crippen LogP contribution in [0, 0.1) is 12.7 Å². The number of nitrogens with zero attached hydrogens (tertiary/aromatic N) is 1. The van der Waals surface area contributed by atoms with Crippen molar-refractivity contribution in [2.45, 2.75) is 13.5 Å². The van der Waals surface area contributed by atoms with Crippen LogP contribution in [-0.2, 0) is 6.61 Å². The molecule has 2 aromatic rings. The maximum absolute atomic E-state index is 13.0. The Bertz CT molecular complexity index is 529. The fourth-order valence-corrected chi connectivity index (χ4v) is 1.46. The molecule has 0 aliphatic rings. The average molecular weight is 233 g/mol. The molecule has 0 fully saturated rings. The van der Waals surface area contributed by atoms with E-state index in [4.69, 9.17) is 9.84 Å². The zero-order valence-electron chi connectivity index (χ0n) is 9.35. The van der Waals surface area contributed by atoms with Gasteiger partial charge >= 0.3 is 0 Å². The quantitative estimate of drug-likeness (QED) is 0.886. The molecule has 1 aromatic heterocycles. The van der Waals surface area contributed by atoms with Crippen LogP contribution in [0.15, 0.2) is 36.5 Å². The SMILES string of the molecule is Cc1cc(CO)cnc1Oc1cccc(F)c1. The molecule has 0 atom stereocenters. The van der Waals surface area contributed by atoms with Crippen LogP contribution in [0.25, 0.3) is 0 Å². The number of aryl methyl sites for hydroxylation is 1. The summed E-state index contributed by atoms with van der Waals surface area (Å²) in [6.45, 7) is 1.76. The molecule has 0 saturated heterocycles. The minimum Gasteiger partial charge on any atom is -0.439 e. The molecule has 1 aromatic carbocycles. The van der Waals surface area contributed by atoms with E-state index >= 15 is 0 Å². The zero-order chi connectivity index (χ0) is 12.3. The van der Waals surface area contributed by atoms with Crippen molar-refractivity contribution in [1.29, 1.82) is 0 Å². The van der Waals surface area contributed by atoms with Crippen molar-refractivity contribution >= 4 is 0 Å². The predicted molar refractivity (Wildman–Crippen MR) is 61.4 cm³/mol. The van der Waals surface area contributed by atoms with Crippen molar-refractivity contribution < 1.29 is 14.2 Å². The van der Waals surface area contributed by atoms with E-state index in [9.17, 15) is 4.39 Å². The summed E-state index contributed by atoms with van der Waals surface area (Å²) in [4.78, 5) is 4.07. The van der Waals surface area contributed by atoms with Crippen molar-refractivity contribution in [3.63, 3.8) is 0 Å². The third kappa shape index (κ3) is 2.79. The summed E-state index contributed by atoms with van der Waals surface area (Å²) in [5, 5.41) is 8.95. The van der Waals surface area contributed by atoms with Crippen molar-refractivity contribution in [2.24, 2.45) is 0 Å². The number of pyridine rings is 1.